The van der Waals surface area contributed by atoms with Gasteiger partial charge in [0.1, 0.15) is 0 Å². The largest absolute Gasteiger partial charge is 0.421 e. The highest BCUT2D eigenvalue weighted by Gasteiger charge is 2.33. The Hall–Kier alpha value is -2.44. The van der Waals surface area contributed by atoms with E-state index in [-0.39, 0.29) is 17.9 Å². The third-order valence-corrected chi connectivity index (χ3v) is 4.42. The lowest BCUT2D eigenvalue weighted by molar-refractivity contribution is -0.132. The molecule has 2 aromatic rings. The summed E-state index contributed by atoms with van der Waals surface area (Å²) in [4.78, 5) is 13.6. The molecule has 0 bridgehead atoms. The quantitative estimate of drug-likeness (QED) is 0.866. The smallest absolute Gasteiger partial charge is 0.240 e. The summed E-state index contributed by atoms with van der Waals surface area (Å²) in [6, 6.07) is 1.98. The molecule has 0 unspecified atom stereocenters. The van der Waals surface area contributed by atoms with Crippen LogP contribution in [0.15, 0.2) is 16.7 Å². The van der Waals surface area contributed by atoms with Crippen LogP contribution >= 0.6 is 0 Å². The molecular weight excluding hydrogens is 294 g/mol. The van der Waals surface area contributed by atoms with E-state index in [0.717, 1.165) is 25.1 Å². The van der Waals surface area contributed by atoms with Gasteiger partial charge in [-0.3, -0.25) is 9.48 Å². The fourth-order valence-corrected chi connectivity index (χ4v) is 3.09. The van der Waals surface area contributed by atoms with Gasteiger partial charge >= 0.3 is 0 Å². The van der Waals surface area contributed by atoms with Crippen molar-refractivity contribution in [3.05, 3.63) is 29.7 Å². The van der Waals surface area contributed by atoms with Crippen LogP contribution in [-0.2, 0) is 11.8 Å². The van der Waals surface area contributed by atoms with Crippen molar-refractivity contribution in [2.45, 2.75) is 38.6 Å². The zero-order chi connectivity index (χ0) is 16.4. The fourth-order valence-electron chi connectivity index (χ4n) is 3.09. The van der Waals surface area contributed by atoms with Gasteiger partial charge < -0.3 is 9.32 Å². The Balaban J connectivity index is 1.75. The van der Waals surface area contributed by atoms with Crippen LogP contribution in [-0.4, -0.2) is 43.4 Å². The topological polar surface area (TPSA) is 77.1 Å². The average molecular weight is 315 g/mol. The van der Waals surface area contributed by atoms with E-state index in [9.17, 15) is 4.79 Å². The molecule has 3 heterocycles. The van der Waals surface area contributed by atoms with Crippen molar-refractivity contribution in [1.82, 2.24) is 24.9 Å². The highest BCUT2D eigenvalue weighted by Crippen LogP contribution is 2.31. The van der Waals surface area contributed by atoms with Crippen molar-refractivity contribution in [3.63, 3.8) is 0 Å². The molecule has 0 spiro atoms. The van der Waals surface area contributed by atoms with E-state index in [4.69, 9.17) is 4.42 Å². The van der Waals surface area contributed by atoms with Crippen LogP contribution in [0.3, 0.4) is 0 Å². The first-order valence-corrected chi connectivity index (χ1v) is 7.83. The third-order valence-electron chi connectivity index (χ3n) is 4.42. The summed E-state index contributed by atoms with van der Waals surface area (Å²) < 4.78 is 7.55. The molecule has 23 heavy (non-hydrogen) atoms. The Labute approximate surface area is 135 Å². The Morgan fingerprint density at radius 3 is 2.91 bits per heavy atom. The van der Waals surface area contributed by atoms with Crippen LogP contribution < -0.4 is 0 Å². The highest BCUT2D eigenvalue weighted by atomic mass is 16.4. The molecule has 1 aliphatic heterocycles. The summed E-state index contributed by atoms with van der Waals surface area (Å²) in [6.45, 7) is 4.45. The maximum Gasteiger partial charge on any atom is 0.240 e. The fraction of sp³-hybridized carbons (Fsp3) is 0.500. The van der Waals surface area contributed by atoms with Gasteiger partial charge in [-0.05, 0) is 31.9 Å². The second-order valence-electron chi connectivity index (χ2n) is 5.89. The first-order valence-electron chi connectivity index (χ1n) is 7.83. The van der Waals surface area contributed by atoms with Crippen LogP contribution in [0.25, 0.3) is 12.2 Å². The minimum absolute atomic E-state index is 0.0793. The molecule has 7 heteroatoms. The zero-order valence-electron chi connectivity index (χ0n) is 13.6. The van der Waals surface area contributed by atoms with E-state index in [2.05, 4.69) is 15.3 Å². The number of carbonyl (C=O) groups is 1. The number of aromatic nitrogens is 4. The zero-order valence-corrected chi connectivity index (χ0v) is 13.6. The lowest BCUT2D eigenvalue weighted by atomic mass is 9.90. The van der Waals surface area contributed by atoms with Gasteiger partial charge in [-0.2, -0.15) is 5.10 Å². The second-order valence-corrected chi connectivity index (χ2v) is 5.89. The number of nitrogens with zero attached hydrogens (tertiary/aromatic N) is 5. The number of aryl methyl sites for hydroxylation is 1. The lowest BCUT2D eigenvalue weighted by Gasteiger charge is -2.37. The van der Waals surface area contributed by atoms with Crippen molar-refractivity contribution in [1.29, 1.82) is 0 Å². The third kappa shape index (κ3) is 3.18. The Morgan fingerprint density at radius 1 is 1.39 bits per heavy atom. The van der Waals surface area contributed by atoms with E-state index in [1.807, 2.05) is 31.0 Å². The van der Waals surface area contributed by atoms with E-state index in [1.54, 1.807) is 23.9 Å². The monoisotopic (exact) mass is 315 g/mol. The summed E-state index contributed by atoms with van der Waals surface area (Å²) in [5.74, 6) is 1.26. The number of likely N-dealkylation sites (tertiary alicyclic amines) is 1. The molecule has 1 saturated heterocycles. The average Bonchev–Trinajstić information content (AvgIpc) is 3.14. The number of amides is 1. The normalized spacial score (nSPS) is 22.0. The number of rotatable bonds is 3. The molecule has 0 N–H and O–H groups in total. The van der Waals surface area contributed by atoms with Crippen molar-refractivity contribution < 1.29 is 9.21 Å². The van der Waals surface area contributed by atoms with Crippen LogP contribution in [0, 0.1) is 0 Å². The molecule has 2 aromatic heterocycles. The molecule has 0 aliphatic carbocycles. The number of carbonyl (C=O) groups excluding carboxylic acids is 1. The minimum atomic E-state index is 0.0793. The number of hydrogen-bond acceptors (Lipinski definition) is 5. The van der Waals surface area contributed by atoms with Gasteiger partial charge in [0.05, 0.1) is 11.6 Å². The van der Waals surface area contributed by atoms with Crippen LogP contribution in [0.2, 0.25) is 0 Å². The molecule has 2 atom stereocenters. The molecular formula is C16H21N5O2. The summed E-state index contributed by atoms with van der Waals surface area (Å²) in [6.07, 6.45) is 7.31. The minimum Gasteiger partial charge on any atom is -0.421 e. The van der Waals surface area contributed by atoms with Gasteiger partial charge in [0.15, 0.2) is 0 Å². The Bertz CT molecular complexity index is 718. The van der Waals surface area contributed by atoms with Gasteiger partial charge in [-0.1, -0.05) is 0 Å². The van der Waals surface area contributed by atoms with Crippen LogP contribution in [0.5, 0.6) is 0 Å². The van der Waals surface area contributed by atoms with Crippen molar-refractivity contribution in [3.8, 4) is 0 Å². The van der Waals surface area contributed by atoms with Gasteiger partial charge in [-0.15, -0.1) is 10.2 Å². The molecule has 1 aliphatic rings. The first kappa shape index (κ1) is 15.5. The summed E-state index contributed by atoms with van der Waals surface area (Å²) in [5, 5.41) is 12.4. The Kier molecular flexibility index (Phi) is 4.27. The van der Waals surface area contributed by atoms with Crippen molar-refractivity contribution in [2.24, 2.45) is 7.05 Å². The predicted octanol–water partition coefficient (Wildman–Crippen LogP) is 2.09. The summed E-state index contributed by atoms with van der Waals surface area (Å²) >= 11 is 0. The molecule has 122 valence electrons. The van der Waals surface area contributed by atoms with Gasteiger partial charge in [0, 0.05) is 38.8 Å². The molecule has 3 rings (SSSR count). The number of hydrogen-bond donors (Lipinski definition) is 0. The van der Waals surface area contributed by atoms with E-state index >= 15 is 0 Å². The standard InChI is InChI=1S/C16H21N5O2/c1-11-14(5-4-10-21(11)12(2)22)16-19-18-15(23-16)7-6-13-8-9-17-20(13)3/h6-9,11,14H,4-5,10H2,1-3H3/b7-6+/t11-,14-/m0/s1. The van der Waals surface area contributed by atoms with E-state index in [0.29, 0.717) is 11.8 Å². The highest BCUT2D eigenvalue weighted by molar-refractivity contribution is 5.73. The molecule has 0 saturated carbocycles. The van der Waals surface area contributed by atoms with Gasteiger partial charge in [0.2, 0.25) is 17.7 Å². The summed E-state index contributed by atoms with van der Waals surface area (Å²) in [5.41, 5.74) is 0.957. The van der Waals surface area contributed by atoms with E-state index < -0.39 is 0 Å². The SMILES string of the molecule is CC(=O)N1CCC[C@H](c2nnc(/C=C/c3ccnn3C)o2)[C@@H]1C. The predicted molar refractivity (Wildman–Crippen MR) is 85.3 cm³/mol. The molecule has 7 nitrogen and oxygen atoms in total. The van der Waals surface area contributed by atoms with E-state index in [1.165, 1.54) is 0 Å². The number of piperidine rings is 1. The van der Waals surface area contributed by atoms with Crippen LogP contribution in [0.4, 0.5) is 0 Å². The van der Waals surface area contributed by atoms with Gasteiger partial charge in [0.25, 0.3) is 0 Å². The molecule has 1 amide bonds. The summed E-state index contributed by atoms with van der Waals surface area (Å²) in [7, 11) is 1.87. The molecule has 0 aromatic carbocycles. The van der Waals surface area contributed by atoms with Crippen LogP contribution in [0.1, 0.15) is 50.1 Å². The first-order chi connectivity index (χ1) is 11.1. The Morgan fingerprint density at radius 2 is 2.22 bits per heavy atom. The van der Waals surface area contributed by atoms with Crippen molar-refractivity contribution in [2.75, 3.05) is 6.54 Å². The lowest BCUT2D eigenvalue weighted by Crippen LogP contribution is -2.44. The second kappa shape index (κ2) is 6.36. The molecule has 1 fully saturated rings. The maximum absolute atomic E-state index is 11.7. The molecule has 0 radical (unpaired) electrons. The van der Waals surface area contributed by atoms with Crippen molar-refractivity contribution >= 4 is 18.1 Å². The maximum atomic E-state index is 11.7. The van der Waals surface area contributed by atoms with Gasteiger partial charge in [-0.25, -0.2) is 0 Å².